The Kier molecular flexibility index (Phi) is 8.00. The largest absolute Gasteiger partial charge is 0.472 e. The molecular weight excluding hydrogens is 378 g/mol. The number of rotatable bonds is 8. The number of hydrogen-bond acceptors (Lipinski definition) is 6. The number of piperazine rings is 1. The first-order chi connectivity index (χ1) is 14.6. The summed E-state index contributed by atoms with van der Waals surface area (Å²) in [6.07, 6.45) is 0.471. The maximum atomic E-state index is 10.3. The second kappa shape index (κ2) is 10.9. The van der Waals surface area contributed by atoms with Crippen molar-refractivity contribution in [2.75, 3.05) is 39.3 Å². The number of nitriles is 1. The summed E-state index contributed by atoms with van der Waals surface area (Å²) in [5.41, 5.74) is 2.77. The van der Waals surface area contributed by atoms with E-state index in [9.17, 15) is 10.4 Å². The third-order valence-corrected chi connectivity index (χ3v) is 5.31. The minimum atomic E-state index is -0.646. The van der Waals surface area contributed by atoms with Gasteiger partial charge in [-0.3, -0.25) is 9.80 Å². The van der Waals surface area contributed by atoms with E-state index in [0.717, 1.165) is 42.9 Å². The summed E-state index contributed by atoms with van der Waals surface area (Å²) in [6, 6.07) is 19.6. The number of aliphatic hydroxyl groups is 2. The molecule has 0 aromatic heterocycles. The van der Waals surface area contributed by atoms with Gasteiger partial charge in [0.05, 0.1) is 12.7 Å². The Balaban J connectivity index is 1.70. The number of benzene rings is 2. The fourth-order valence-corrected chi connectivity index (χ4v) is 3.73. The van der Waals surface area contributed by atoms with Gasteiger partial charge in [-0.1, -0.05) is 42.5 Å². The van der Waals surface area contributed by atoms with E-state index in [0.29, 0.717) is 12.3 Å². The summed E-state index contributed by atoms with van der Waals surface area (Å²) >= 11 is 0. The zero-order chi connectivity index (χ0) is 21.3. The number of nitrogens with zero attached hydrogens (tertiary/aromatic N) is 3. The average molecular weight is 408 g/mol. The van der Waals surface area contributed by atoms with Crippen LogP contribution in [0.2, 0.25) is 0 Å². The van der Waals surface area contributed by atoms with E-state index < -0.39 is 12.3 Å². The molecule has 1 saturated heterocycles. The third kappa shape index (κ3) is 5.68. The molecule has 0 amide bonds. The summed E-state index contributed by atoms with van der Waals surface area (Å²) < 4.78 is 6.13. The van der Waals surface area contributed by atoms with Gasteiger partial charge in [-0.05, 0) is 35.8 Å². The Bertz CT molecular complexity index is 852. The molecule has 0 saturated carbocycles. The molecule has 0 aliphatic carbocycles. The molecular formula is C24H29N3O3. The fourth-order valence-electron chi connectivity index (χ4n) is 3.73. The van der Waals surface area contributed by atoms with Crippen molar-refractivity contribution in [2.24, 2.45) is 0 Å². The minimum Gasteiger partial charge on any atom is -0.472 e. The normalized spacial score (nSPS) is 17.9. The third-order valence-electron chi connectivity index (χ3n) is 5.31. The Labute approximate surface area is 178 Å². The van der Waals surface area contributed by atoms with Crippen LogP contribution in [0.15, 0.2) is 60.7 Å². The van der Waals surface area contributed by atoms with E-state index in [1.54, 1.807) is 13.0 Å². The van der Waals surface area contributed by atoms with Gasteiger partial charge in [0.25, 0.3) is 0 Å². The second-order valence-electron chi connectivity index (χ2n) is 7.43. The summed E-state index contributed by atoms with van der Waals surface area (Å²) in [7, 11) is 0. The molecule has 6 heteroatoms. The number of aliphatic hydroxyl groups excluding tert-OH is 2. The van der Waals surface area contributed by atoms with Crippen molar-refractivity contribution in [3.63, 3.8) is 0 Å². The lowest BCUT2D eigenvalue weighted by atomic mass is 9.98. The zero-order valence-electron chi connectivity index (χ0n) is 17.3. The highest BCUT2D eigenvalue weighted by Crippen LogP contribution is 2.26. The van der Waals surface area contributed by atoms with Crippen LogP contribution in [0, 0.1) is 11.3 Å². The van der Waals surface area contributed by atoms with Crippen LogP contribution >= 0.6 is 0 Å². The van der Waals surface area contributed by atoms with Gasteiger partial charge in [0, 0.05) is 38.8 Å². The smallest absolute Gasteiger partial charge is 0.178 e. The molecule has 30 heavy (non-hydrogen) atoms. The van der Waals surface area contributed by atoms with E-state index in [4.69, 9.17) is 9.84 Å². The van der Waals surface area contributed by atoms with Crippen LogP contribution < -0.4 is 4.74 Å². The van der Waals surface area contributed by atoms with Crippen LogP contribution in [0.3, 0.4) is 0 Å². The molecule has 2 unspecified atom stereocenters. The molecule has 3 rings (SSSR count). The molecule has 2 N–H and O–H groups in total. The van der Waals surface area contributed by atoms with Crippen molar-refractivity contribution in [3.05, 3.63) is 71.8 Å². The lowest BCUT2D eigenvalue weighted by Gasteiger charge is -2.39. The Morgan fingerprint density at radius 2 is 1.70 bits per heavy atom. The summed E-state index contributed by atoms with van der Waals surface area (Å²) in [4.78, 5) is 4.34. The molecule has 1 aliphatic heterocycles. The number of β-amino-alcohol motifs (C(OH)–C–C–N with tert-alkyl or cyclic N) is 1. The van der Waals surface area contributed by atoms with Gasteiger partial charge in [-0.2, -0.15) is 5.26 Å². The Morgan fingerprint density at radius 3 is 2.27 bits per heavy atom. The topological polar surface area (TPSA) is 80.0 Å². The van der Waals surface area contributed by atoms with Crippen molar-refractivity contribution < 1.29 is 14.9 Å². The molecule has 2 aromatic carbocycles. The number of hydrogen-bond donors (Lipinski definition) is 2. The first-order valence-corrected chi connectivity index (χ1v) is 10.3. The fraction of sp³-hybridized carbons (Fsp3) is 0.375. The van der Waals surface area contributed by atoms with Gasteiger partial charge in [-0.15, -0.1) is 0 Å². The van der Waals surface area contributed by atoms with Crippen molar-refractivity contribution in [1.82, 2.24) is 9.80 Å². The molecule has 1 aliphatic rings. The molecule has 6 nitrogen and oxygen atoms in total. The molecule has 2 atom stereocenters. The van der Waals surface area contributed by atoms with Gasteiger partial charge >= 0.3 is 0 Å². The van der Waals surface area contributed by atoms with E-state index in [2.05, 4.69) is 15.9 Å². The maximum Gasteiger partial charge on any atom is 0.178 e. The monoisotopic (exact) mass is 407 g/mol. The highest BCUT2D eigenvalue weighted by atomic mass is 16.5. The first kappa shape index (κ1) is 22.0. The van der Waals surface area contributed by atoms with Gasteiger partial charge < -0.3 is 14.9 Å². The van der Waals surface area contributed by atoms with Crippen LogP contribution in [-0.2, 0) is 0 Å². The molecule has 158 valence electrons. The minimum absolute atomic E-state index is 0.161. The van der Waals surface area contributed by atoms with Crippen LogP contribution in [0.1, 0.15) is 18.1 Å². The number of ether oxygens (including phenoxy) is 1. The average Bonchev–Trinajstić information content (AvgIpc) is 2.78. The predicted octanol–water partition coefficient (Wildman–Crippen LogP) is 2.34. The zero-order valence-corrected chi connectivity index (χ0v) is 17.3. The Hall–Kier alpha value is -2.69. The van der Waals surface area contributed by atoms with Crippen molar-refractivity contribution in [2.45, 2.75) is 19.3 Å². The highest BCUT2D eigenvalue weighted by molar-refractivity contribution is 5.81. The van der Waals surface area contributed by atoms with E-state index in [1.807, 2.05) is 54.6 Å². The predicted molar refractivity (Wildman–Crippen MR) is 117 cm³/mol. The van der Waals surface area contributed by atoms with Crippen molar-refractivity contribution >= 4 is 5.57 Å². The highest BCUT2D eigenvalue weighted by Gasteiger charge is 2.28. The van der Waals surface area contributed by atoms with Gasteiger partial charge in [0.15, 0.2) is 6.23 Å². The van der Waals surface area contributed by atoms with E-state index in [-0.39, 0.29) is 6.61 Å². The maximum absolute atomic E-state index is 10.3. The molecule has 2 aromatic rings. The quantitative estimate of drug-likeness (QED) is 0.654. The van der Waals surface area contributed by atoms with E-state index >= 15 is 0 Å². The Morgan fingerprint density at radius 1 is 1.07 bits per heavy atom. The molecule has 1 fully saturated rings. The first-order valence-electron chi connectivity index (χ1n) is 10.3. The van der Waals surface area contributed by atoms with Crippen LogP contribution in [-0.4, -0.2) is 71.7 Å². The lowest BCUT2D eigenvalue weighted by molar-refractivity contribution is -0.0752. The summed E-state index contributed by atoms with van der Waals surface area (Å²) in [5, 5.41) is 28.6. The molecule has 0 radical (unpaired) electrons. The van der Waals surface area contributed by atoms with E-state index in [1.165, 1.54) is 0 Å². The van der Waals surface area contributed by atoms with Crippen molar-refractivity contribution in [1.29, 1.82) is 5.26 Å². The van der Waals surface area contributed by atoms with Crippen LogP contribution in [0.25, 0.3) is 5.57 Å². The summed E-state index contributed by atoms with van der Waals surface area (Å²) in [6.45, 7) is 5.80. The number of allylic oxidation sites excluding steroid dienone is 1. The lowest BCUT2D eigenvalue weighted by Crippen LogP contribution is -2.55. The van der Waals surface area contributed by atoms with Crippen molar-refractivity contribution in [3.8, 4) is 11.8 Å². The molecule has 1 heterocycles. The van der Waals surface area contributed by atoms with Gasteiger partial charge in [0.2, 0.25) is 0 Å². The molecule has 0 spiro atoms. The molecule has 0 bridgehead atoms. The second-order valence-corrected chi connectivity index (χ2v) is 7.43. The van der Waals surface area contributed by atoms with Crippen LogP contribution in [0.5, 0.6) is 5.75 Å². The van der Waals surface area contributed by atoms with Gasteiger partial charge in [-0.25, -0.2) is 0 Å². The summed E-state index contributed by atoms with van der Waals surface area (Å²) in [5.74, 6) is 0.673. The standard InChI is InChI=1S/C24H29N3O3/c1-19(29)24(27-15-13-26(14-16-27)17-18-28)30-22-9-7-21(8-10-22)23(11-12-25)20-5-3-2-4-6-20/h2-11,19,24,28-29H,13-18H2,1H3. The van der Waals surface area contributed by atoms with Crippen LogP contribution in [0.4, 0.5) is 0 Å². The van der Waals surface area contributed by atoms with Gasteiger partial charge in [0.1, 0.15) is 11.9 Å². The SMILES string of the molecule is CC(O)C(Oc1ccc(C(=CC#N)c2ccccc2)cc1)N1CCN(CCO)CC1.